The summed E-state index contributed by atoms with van der Waals surface area (Å²) in [6.45, 7) is 11.6. The first-order valence-electron chi connectivity index (χ1n) is 5.07. The van der Waals surface area contributed by atoms with Gasteiger partial charge in [0.05, 0.1) is 0 Å². The Hall–Kier alpha value is -0.0400. The van der Waals surface area contributed by atoms with Crippen LogP contribution >= 0.6 is 0 Å². The summed E-state index contributed by atoms with van der Waals surface area (Å²) < 4.78 is 0. The lowest BCUT2D eigenvalue weighted by Crippen LogP contribution is -2.05. The van der Waals surface area contributed by atoms with Crippen molar-refractivity contribution >= 4 is 0 Å². The van der Waals surface area contributed by atoms with Crippen LogP contribution in [0.1, 0.15) is 53.9 Å². The Balaban J connectivity index is 0. The SMILES string of the molecule is CCC(C)CCC(C)C(C)C.O. The zero-order valence-electron chi connectivity index (χ0n) is 9.35. The van der Waals surface area contributed by atoms with Crippen LogP contribution in [-0.4, -0.2) is 5.48 Å². The van der Waals surface area contributed by atoms with Crippen LogP contribution in [0, 0.1) is 17.8 Å². The van der Waals surface area contributed by atoms with Gasteiger partial charge in [-0.2, -0.15) is 0 Å². The Kier molecular flexibility index (Phi) is 9.17. The Morgan fingerprint density at radius 1 is 0.917 bits per heavy atom. The average molecular weight is 174 g/mol. The van der Waals surface area contributed by atoms with E-state index in [1.165, 1.54) is 19.3 Å². The third-order valence-electron chi connectivity index (χ3n) is 2.95. The molecule has 0 aromatic carbocycles. The van der Waals surface area contributed by atoms with Crippen LogP contribution in [-0.2, 0) is 0 Å². The first kappa shape index (κ1) is 14.5. The molecule has 2 atom stereocenters. The van der Waals surface area contributed by atoms with Gasteiger partial charge in [0.1, 0.15) is 0 Å². The standard InChI is InChI=1S/C11H24.H2O/c1-6-10(4)7-8-11(5)9(2)3;/h9-11H,6-8H2,1-5H3;1H2. The zero-order valence-corrected chi connectivity index (χ0v) is 9.35. The maximum atomic E-state index is 2.37. The summed E-state index contributed by atoms with van der Waals surface area (Å²) in [6.07, 6.45) is 4.16. The lowest BCUT2D eigenvalue weighted by molar-refractivity contribution is 0.347. The van der Waals surface area contributed by atoms with Crippen molar-refractivity contribution in [2.24, 2.45) is 17.8 Å². The van der Waals surface area contributed by atoms with E-state index in [-0.39, 0.29) is 5.48 Å². The van der Waals surface area contributed by atoms with Gasteiger partial charge in [0.2, 0.25) is 0 Å². The average Bonchev–Trinajstić information content (AvgIpc) is 1.99. The quantitative estimate of drug-likeness (QED) is 0.612. The van der Waals surface area contributed by atoms with E-state index >= 15 is 0 Å². The smallest absolute Gasteiger partial charge is 0.0420 e. The van der Waals surface area contributed by atoms with Gasteiger partial charge in [-0.3, -0.25) is 0 Å². The Labute approximate surface area is 77.9 Å². The monoisotopic (exact) mass is 174 g/mol. The Morgan fingerprint density at radius 3 is 1.75 bits per heavy atom. The molecule has 0 aliphatic carbocycles. The molecule has 0 rings (SSSR count). The summed E-state index contributed by atoms with van der Waals surface area (Å²) >= 11 is 0. The van der Waals surface area contributed by atoms with E-state index < -0.39 is 0 Å². The van der Waals surface area contributed by atoms with Crippen LogP contribution in [0.3, 0.4) is 0 Å². The van der Waals surface area contributed by atoms with Crippen LogP contribution < -0.4 is 0 Å². The van der Waals surface area contributed by atoms with Gasteiger partial charge in [-0.25, -0.2) is 0 Å². The molecule has 12 heavy (non-hydrogen) atoms. The van der Waals surface area contributed by atoms with E-state index in [1.807, 2.05) is 0 Å². The Bertz CT molecular complexity index is 89.0. The van der Waals surface area contributed by atoms with Gasteiger partial charge in [0.15, 0.2) is 0 Å². The highest BCUT2D eigenvalue weighted by Gasteiger charge is 2.08. The molecule has 0 aromatic heterocycles. The molecule has 1 nitrogen and oxygen atoms in total. The van der Waals surface area contributed by atoms with Gasteiger partial charge >= 0.3 is 0 Å². The number of hydrogen-bond donors (Lipinski definition) is 0. The predicted molar refractivity (Wildman–Crippen MR) is 56.3 cm³/mol. The highest BCUT2D eigenvalue weighted by molar-refractivity contribution is 4.59. The molecule has 2 unspecified atom stereocenters. The highest BCUT2D eigenvalue weighted by Crippen LogP contribution is 2.20. The lowest BCUT2D eigenvalue weighted by atomic mass is 9.89. The fourth-order valence-electron chi connectivity index (χ4n) is 1.08. The summed E-state index contributed by atoms with van der Waals surface area (Å²) in [4.78, 5) is 0. The fourth-order valence-corrected chi connectivity index (χ4v) is 1.08. The molecule has 1 heteroatoms. The predicted octanol–water partition coefficient (Wildman–Crippen LogP) is 3.28. The van der Waals surface area contributed by atoms with Crippen molar-refractivity contribution < 1.29 is 5.48 Å². The largest absolute Gasteiger partial charge is 0.412 e. The molecule has 76 valence electrons. The van der Waals surface area contributed by atoms with E-state index in [2.05, 4.69) is 34.6 Å². The van der Waals surface area contributed by atoms with Crippen molar-refractivity contribution in [2.75, 3.05) is 0 Å². The van der Waals surface area contributed by atoms with Crippen LogP contribution in [0.5, 0.6) is 0 Å². The normalized spacial score (nSPS) is 15.5. The fraction of sp³-hybridized carbons (Fsp3) is 1.00. The summed E-state index contributed by atoms with van der Waals surface area (Å²) in [6, 6.07) is 0. The van der Waals surface area contributed by atoms with Crippen LogP contribution in [0.2, 0.25) is 0 Å². The molecule has 0 saturated heterocycles. The molecule has 0 amide bonds. The third-order valence-corrected chi connectivity index (χ3v) is 2.95. The lowest BCUT2D eigenvalue weighted by Gasteiger charge is -2.17. The first-order valence-corrected chi connectivity index (χ1v) is 5.07. The van der Waals surface area contributed by atoms with Crippen molar-refractivity contribution in [1.82, 2.24) is 0 Å². The second-order valence-corrected chi connectivity index (χ2v) is 4.31. The molecule has 2 N–H and O–H groups in total. The minimum Gasteiger partial charge on any atom is -0.412 e. The maximum absolute atomic E-state index is 2.37. The van der Waals surface area contributed by atoms with Crippen LogP contribution in [0.25, 0.3) is 0 Å². The van der Waals surface area contributed by atoms with E-state index in [0.29, 0.717) is 0 Å². The molecule has 0 bridgehead atoms. The summed E-state index contributed by atoms with van der Waals surface area (Å²) in [5, 5.41) is 0. The molecule has 0 aromatic rings. The topological polar surface area (TPSA) is 31.5 Å². The maximum Gasteiger partial charge on any atom is -0.0420 e. The van der Waals surface area contributed by atoms with Crippen molar-refractivity contribution in [3.63, 3.8) is 0 Å². The van der Waals surface area contributed by atoms with Gasteiger partial charge in [-0.05, 0) is 17.8 Å². The van der Waals surface area contributed by atoms with E-state index in [4.69, 9.17) is 0 Å². The zero-order chi connectivity index (χ0) is 8.85. The highest BCUT2D eigenvalue weighted by atomic mass is 16.0. The molecule has 0 aliphatic rings. The number of hydrogen-bond acceptors (Lipinski definition) is 0. The second kappa shape index (κ2) is 7.60. The van der Waals surface area contributed by atoms with Gasteiger partial charge in [0, 0.05) is 0 Å². The van der Waals surface area contributed by atoms with Crippen LogP contribution in [0.15, 0.2) is 0 Å². The minimum atomic E-state index is 0. The molecule has 0 radical (unpaired) electrons. The minimum absolute atomic E-state index is 0. The molecular formula is C11H26O. The summed E-state index contributed by atoms with van der Waals surface area (Å²) in [5.74, 6) is 2.69. The Morgan fingerprint density at radius 2 is 1.42 bits per heavy atom. The van der Waals surface area contributed by atoms with Gasteiger partial charge in [0.25, 0.3) is 0 Å². The van der Waals surface area contributed by atoms with E-state index in [1.54, 1.807) is 0 Å². The molecule has 0 spiro atoms. The number of rotatable bonds is 5. The first-order chi connectivity index (χ1) is 5.07. The van der Waals surface area contributed by atoms with Gasteiger partial charge in [-0.1, -0.05) is 53.9 Å². The molecular weight excluding hydrogens is 148 g/mol. The van der Waals surface area contributed by atoms with Crippen molar-refractivity contribution in [2.45, 2.75) is 53.9 Å². The van der Waals surface area contributed by atoms with E-state index in [0.717, 1.165) is 17.8 Å². The van der Waals surface area contributed by atoms with Crippen molar-refractivity contribution in [3.8, 4) is 0 Å². The summed E-state index contributed by atoms with van der Waals surface area (Å²) in [5.41, 5.74) is 0. The van der Waals surface area contributed by atoms with Gasteiger partial charge in [-0.15, -0.1) is 0 Å². The summed E-state index contributed by atoms with van der Waals surface area (Å²) in [7, 11) is 0. The van der Waals surface area contributed by atoms with E-state index in [9.17, 15) is 0 Å². The molecule has 0 saturated carbocycles. The van der Waals surface area contributed by atoms with Crippen molar-refractivity contribution in [3.05, 3.63) is 0 Å². The molecule has 0 aliphatic heterocycles. The molecule has 0 fully saturated rings. The third kappa shape index (κ3) is 6.66. The second-order valence-electron chi connectivity index (χ2n) is 4.31. The van der Waals surface area contributed by atoms with Gasteiger partial charge < -0.3 is 5.48 Å². The molecule has 0 heterocycles. The van der Waals surface area contributed by atoms with Crippen molar-refractivity contribution in [1.29, 1.82) is 0 Å². The van der Waals surface area contributed by atoms with Crippen LogP contribution in [0.4, 0.5) is 0 Å².